The van der Waals surface area contributed by atoms with Crippen molar-refractivity contribution in [2.24, 2.45) is 0 Å². The molecule has 2 aliphatic heterocycles. The lowest BCUT2D eigenvalue weighted by Crippen LogP contribution is -2.41. The normalized spacial score (nSPS) is 27.9. The van der Waals surface area contributed by atoms with E-state index in [1.54, 1.807) is 0 Å². The quantitative estimate of drug-likeness (QED) is 0.904. The first-order valence-electron chi connectivity index (χ1n) is 8.01. The second-order valence-corrected chi connectivity index (χ2v) is 6.43. The third kappa shape index (κ3) is 2.48. The third-order valence-corrected chi connectivity index (χ3v) is 5.02. The summed E-state index contributed by atoms with van der Waals surface area (Å²) in [6.07, 6.45) is 4.37. The van der Waals surface area contributed by atoms with Crippen LogP contribution < -0.4 is 0 Å². The van der Waals surface area contributed by atoms with Gasteiger partial charge in [0.05, 0.1) is 6.10 Å². The fourth-order valence-corrected chi connectivity index (χ4v) is 3.94. The third-order valence-electron chi connectivity index (χ3n) is 5.02. The van der Waals surface area contributed by atoms with Gasteiger partial charge in [-0.1, -0.05) is 12.1 Å². The maximum absolute atomic E-state index is 10.4. The average molecular weight is 285 g/mol. The highest BCUT2D eigenvalue weighted by Gasteiger charge is 2.36. The minimum atomic E-state index is -0.200. The average Bonchev–Trinajstić information content (AvgIpc) is 3.18. The second kappa shape index (κ2) is 5.44. The lowest BCUT2D eigenvalue weighted by Gasteiger charge is -2.25. The summed E-state index contributed by atoms with van der Waals surface area (Å²) in [5, 5.41) is 11.7. The van der Waals surface area contributed by atoms with Crippen LogP contribution in [-0.4, -0.2) is 58.2 Å². The lowest BCUT2D eigenvalue weighted by atomic mass is 10.1. The summed E-state index contributed by atoms with van der Waals surface area (Å²) in [5.41, 5.74) is 2.55. The lowest BCUT2D eigenvalue weighted by molar-refractivity contribution is 0.0978. The van der Waals surface area contributed by atoms with Crippen LogP contribution in [0, 0.1) is 0 Å². The first kappa shape index (κ1) is 13.3. The molecule has 0 unspecified atom stereocenters. The van der Waals surface area contributed by atoms with Gasteiger partial charge in [-0.05, 0) is 43.6 Å². The van der Waals surface area contributed by atoms with Gasteiger partial charge in [0.15, 0.2) is 0 Å². The SMILES string of the molecule is O[C@@H]1CN(Cc2cccc3[nH]ccc23)C[C@H]1N1CCCC1. The summed E-state index contributed by atoms with van der Waals surface area (Å²) in [7, 11) is 0. The Morgan fingerprint density at radius 3 is 2.86 bits per heavy atom. The van der Waals surface area contributed by atoms with Gasteiger partial charge < -0.3 is 10.1 Å². The molecular formula is C17H23N3O. The van der Waals surface area contributed by atoms with Crippen LogP contribution >= 0.6 is 0 Å². The molecule has 1 aromatic heterocycles. The number of aromatic amines is 1. The van der Waals surface area contributed by atoms with E-state index < -0.39 is 0 Å². The summed E-state index contributed by atoms with van der Waals surface area (Å²) >= 11 is 0. The monoisotopic (exact) mass is 285 g/mol. The van der Waals surface area contributed by atoms with Crippen LogP contribution in [0.4, 0.5) is 0 Å². The Balaban J connectivity index is 1.49. The van der Waals surface area contributed by atoms with E-state index in [-0.39, 0.29) is 6.10 Å². The van der Waals surface area contributed by atoms with Crippen molar-refractivity contribution < 1.29 is 5.11 Å². The van der Waals surface area contributed by atoms with E-state index in [2.05, 4.69) is 39.0 Å². The Labute approximate surface area is 125 Å². The zero-order valence-electron chi connectivity index (χ0n) is 12.3. The number of nitrogens with one attached hydrogen (secondary N) is 1. The van der Waals surface area contributed by atoms with Crippen LogP contribution in [-0.2, 0) is 6.54 Å². The summed E-state index contributed by atoms with van der Waals surface area (Å²) in [5.74, 6) is 0. The zero-order chi connectivity index (χ0) is 14.2. The number of hydrogen-bond donors (Lipinski definition) is 2. The molecule has 2 aliphatic rings. The fourth-order valence-electron chi connectivity index (χ4n) is 3.94. The topological polar surface area (TPSA) is 42.5 Å². The molecule has 0 spiro atoms. The van der Waals surface area contributed by atoms with Crippen molar-refractivity contribution in [3.8, 4) is 0 Å². The molecule has 0 radical (unpaired) electrons. The van der Waals surface area contributed by atoms with Gasteiger partial charge in [-0.25, -0.2) is 0 Å². The summed E-state index contributed by atoms with van der Waals surface area (Å²) in [4.78, 5) is 8.14. The highest BCUT2D eigenvalue weighted by Crippen LogP contribution is 2.24. The van der Waals surface area contributed by atoms with Crippen LogP contribution in [0.25, 0.3) is 10.9 Å². The number of benzene rings is 1. The molecular weight excluding hydrogens is 262 g/mol. The number of hydrogen-bond acceptors (Lipinski definition) is 3. The minimum Gasteiger partial charge on any atom is -0.390 e. The minimum absolute atomic E-state index is 0.200. The molecule has 2 atom stereocenters. The predicted molar refractivity (Wildman–Crippen MR) is 84.2 cm³/mol. The van der Waals surface area contributed by atoms with E-state index in [1.807, 2.05) is 6.20 Å². The van der Waals surface area contributed by atoms with Crippen molar-refractivity contribution in [3.63, 3.8) is 0 Å². The summed E-state index contributed by atoms with van der Waals surface area (Å²) in [6.45, 7) is 5.02. The number of aliphatic hydroxyl groups excluding tert-OH is 1. The van der Waals surface area contributed by atoms with E-state index in [9.17, 15) is 5.11 Å². The van der Waals surface area contributed by atoms with Crippen LogP contribution in [0.15, 0.2) is 30.5 Å². The van der Waals surface area contributed by atoms with Crippen LogP contribution in [0.2, 0.25) is 0 Å². The molecule has 0 saturated carbocycles. The molecule has 2 N–H and O–H groups in total. The van der Waals surface area contributed by atoms with Gasteiger partial charge in [-0.3, -0.25) is 9.80 Å². The van der Waals surface area contributed by atoms with Crippen molar-refractivity contribution in [2.45, 2.75) is 31.5 Å². The fraction of sp³-hybridized carbons (Fsp3) is 0.529. The van der Waals surface area contributed by atoms with Crippen molar-refractivity contribution in [1.82, 2.24) is 14.8 Å². The Morgan fingerprint density at radius 1 is 1.14 bits per heavy atom. The number of aliphatic hydroxyl groups is 1. The molecule has 2 aromatic rings. The van der Waals surface area contributed by atoms with Crippen LogP contribution in [0.5, 0.6) is 0 Å². The van der Waals surface area contributed by atoms with Gasteiger partial charge in [0.25, 0.3) is 0 Å². The highest BCUT2D eigenvalue weighted by molar-refractivity contribution is 5.82. The molecule has 4 rings (SSSR count). The van der Waals surface area contributed by atoms with Gasteiger partial charge >= 0.3 is 0 Å². The number of H-pyrrole nitrogens is 1. The Kier molecular flexibility index (Phi) is 3.45. The molecule has 2 fully saturated rings. The number of likely N-dealkylation sites (tertiary alicyclic amines) is 2. The standard InChI is InChI=1S/C17H23N3O/c21-17-12-19(11-16(17)20-8-1-2-9-20)10-13-4-3-5-15-14(13)6-7-18-15/h3-7,16-18,21H,1-2,8-12H2/t16-,17-/m1/s1. The first-order chi connectivity index (χ1) is 10.3. The van der Waals surface area contributed by atoms with E-state index >= 15 is 0 Å². The molecule has 21 heavy (non-hydrogen) atoms. The molecule has 4 heteroatoms. The van der Waals surface area contributed by atoms with Gasteiger partial charge in [-0.15, -0.1) is 0 Å². The number of β-amino-alcohol motifs (C(OH)–C–C–N with tert-alkyl or cyclic N) is 1. The second-order valence-electron chi connectivity index (χ2n) is 6.43. The molecule has 3 heterocycles. The Hall–Kier alpha value is -1.36. The van der Waals surface area contributed by atoms with Crippen LogP contribution in [0.1, 0.15) is 18.4 Å². The van der Waals surface area contributed by atoms with Crippen molar-refractivity contribution in [3.05, 3.63) is 36.0 Å². The van der Waals surface area contributed by atoms with E-state index in [4.69, 9.17) is 0 Å². The Bertz CT molecular complexity index is 617. The Morgan fingerprint density at radius 2 is 2.00 bits per heavy atom. The summed E-state index contributed by atoms with van der Waals surface area (Å²) < 4.78 is 0. The maximum atomic E-state index is 10.4. The van der Waals surface area contributed by atoms with Crippen molar-refractivity contribution in [2.75, 3.05) is 26.2 Å². The smallest absolute Gasteiger partial charge is 0.0834 e. The van der Waals surface area contributed by atoms with E-state index in [0.717, 1.165) is 32.7 Å². The van der Waals surface area contributed by atoms with E-state index in [1.165, 1.54) is 29.3 Å². The molecule has 0 bridgehead atoms. The molecule has 112 valence electrons. The molecule has 2 saturated heterocycles. The van der Waals surface area contributed by atoms with Gasteiger partial charge in [0.1, 0.15) is 0 Å². The van der Waals surface area contributed by atoms with Crippen LogP contribution in [0.3, 0.4) is 0 Å². The van der Waals surface area contributed by atoms with Gasteiger partial charge in [0.2, 0.25) is 0 Å². The number of nitrogens with zero attached hydrogens (tertiary/aromatic N) is 2. The van der Waals surface area contributed by atoms with Gasteiger partial charge in [0, 0.05) is 42.8 Å². The molecule has 0 amide bonds. The molecule has 4 nitrogen and oxygen atoms in total. The number of aromatic nitrogens is 1. The van der Waals surface area contributed by atoms with Gasteiger partial charge in [-0.2, -0.15) is 0 Å². The van der Waals surface area contributed by atoms with E-state index in [0.29, 0.717) is 6.04 Å². The highest BCUT2D eigenvalue weighted by atomic mass is 16.3. The molecule has 1 aromatic carbocycles. The number of fused-ring (bicyclic) bond motifs is 1. The number of rotatable bonds is 3. The predicted octanol–water partition coefficient (Wildman–Crippen LogP) is 1.81. The van der Waals surface area contributed by atoms with Crippen molar-refractivity contribution >= 4 is 10.9 Å². The van der Waals surface area contributed by atoms with Crippen molar-refractivity contribution in [1.29, 1.82) is 0 Å². The first-order valence-corrected chi connectivity index (χ1v) is 8.01. The molecule has 0 aliphatic carbocycles. The zero-order valence-corrected chi connectivity index (χ0v) is 12.3. The summed E-state index contributed by atoms with van der Waals surface area (Å²) in [6, 6.07) is 8.90. The maximum Gasteiger partial charge on any atom is 0.0834 e. The largest absolute Gasteiger partial charge is 0.390 e.